The van der Waals surface area contributed by atoms with E-state index in [1.807, 2.05) is 17.4 Å². The fraction of sp³-hybridized carbons (Fsp3) is 0.308. The number of hydrogen-bond donors (Lipinski definition) is 0. The lowest BCUT2D eigenvalue weighted by molar-refractivity contribution is 0.0926. The third-order valence-electron chi connectivity index (χ3n) is 3.10. The van der Waals surface area contributed by atoms with Gasteiger partial charge in [-0.1, -0.05) is 11.6 Å². The molecule has 1 aliphatic rings. The SMILES string of the molecule is O=C(CN1CCc2sccc2C1)c1ccc(Cl)s1. The van der Waals surface area contributed by atoms with Gasteiger partial charge < -0.3 is 0 Å². The molecule has 0 amide bonds. The van der Waals surface area contributed by atoms with Crippen LogP contribution in [0.2, 0.25) is 4.34 Å². The van der Waals surface area contributed by atoms with Crippen molar-refractivity contribution in [1.82, 2.24) is 4.90 Å². The molecule has 2 aromatic heterocycles. The van der Waals surface area contributed by atoms with Crippen molar-refractivity contribution in [3.05, 3.63) is 43.2 Å². The molecular formula is C13H12ClNOS2. The number of Topliss-reactive ketones (excluding diaryl/α,β-unsaturated/α-hetero) is 1. The molecule has 1 aliphatic heterocycles. The van der Waals surface area contributed by atoms with Crippen LogP contribution in [0.25, 0.3) is 0 Å². The van der Waals surface area contributed by atoms with Crippen LogP contribution in [-0.2, 0) is 13.0 Å². The molecule has 0 bridgehead atoms. The fourth-order valence-corrected chi connectivity index (χ4v) is 4.05. The number of fused-ring (bicyclic) bond motifs is 1. The topological polar surface area (TPSA) is 20.3 Å². The zero-order valence-electron chi connectivity index (χ0n) is 9.69. The number of ketones is 1. The molecule has 0 atom stereocenters. The normalized spacial score (nSPS) is 15.6. The Morgan fingerprint density at radius 3 is 3.06 bits per heavy atom. The van der Waals surface area contributed by atoms with Crippen molar-refractivity contribution < 1.29 is 4.79 Å². The van der Waals surface area contributed by atoms with Crippen molar-refractivity contribution in [2.24, 2.45) is 0 Å². The molecular weight excluding hydrogens is 286 g/mol. The smallest absolute Gasteiger partial charge is 0.186 e. The van der Waals surface area contributed by atoms with Crippen LogP contribution in [0, 0.1) is 0 Å². The Kier molecular flexibility index (Phi) is 3.52. The molecule has 2 aromatic rings. The number of thiophene rings is 2. The maximum atomic E-state index is 12.1. The molecule has 2 nitrogen and oxygen atoms in total. The summed E-state index contributed by atoms with van der Waals surface area (Å²) in [6, 6.07) is 5.76. The second-order valence-electron chi connectivity index (χ2n) is 4.36. The first kappa shape index (κ1) is 12.4. The van der Waals surface area contributed by atoms with Crippen molar-refractivity contribution in [2.75, 3.05) is 13.1 Å². The maximum absolute atomic E-state index is 12.1. The summed E-state index contributed by atoms with van der Waals surface area (Å²) in [5.41, 5.74) is 1.38. The monoisotopic (exact) mass is 297 g/mol. The van der Waals surface area contributed by atoms with Gasteiger partial charge in [0.2, 0.25) is 0 Å². The molecule has 0 spiro atoms. The molecule has 0 radical (unpaired) electrons. The fourth-order valence-electron chi connectivity index (χ4n) is 2.19. The molecule has 3 heterocycles. The summed E-state index contributed by atoms with van der Waals surface area (Å²) in [5.74, 6) is 0.172. The molecule has 0 N–H and O–H groups in total. The molecule has 0 unspecified atom stereocenters. The van der Waals surface area contributed by atoms with Crippen molar-refractivity contribution in [3.8, 4) is 0 Å². The third kappa shape index (κ3) is 2.52. The highest BCUT2D eigenvalue weighted by Gasteiger charge is 2.20. The van der Waals surface area contributed by atoms with Gasteiger partial charge in [-0.25, -0.2) is 0 Å². The van der Waals surface area contributed by atoms with Crippen molar-refractivity contribution in [1.29, 1.82) is 0 Å². The maximum Gasteiger partial charge on any atom is 0.186 e. The minimum Gasteiger partial charge on any atom is -0.292 e. The molecule has 18 heavy (non-hydrogen) atoms. The Morgan fingerprint density at radius 1 is 1.39 bits per heavy atom. The quantitative estimate of drug-likeness (QED) is 0.805. The predicted octanol–water partition coefficient (Wildman–Crippen LogP) is 3.70. The van der Waals surface area contributed by atoms with E-state index in [0.29, 0.717) is 10.9 Å². The number of carbonyl (C=O) groups is 1. The lowest BCUT2D eigenvalue weighted by Gasteiger charge is -2.25. The molecule has 0 aliphatic carbocycles. The lowest BCUT2D eigenvalue weighted by Crippen LogP contribution is -2.34. The summed E-state index contributed by atoms with van der Waals surface area (Å²) < 4.78 is 0.678. The first-order valence-electron chi connectivity index (χ1n) is 5.78. The highest BCUT2D eigenvalue weighted by Crippen LogP contribution is 2.25. The van der Waals surface area contributed by atoms with Gasteiger partial charge in [-0.2, -0.15) is 0 Å². The molecule has 3 rings (SSSR count). The van der Waals surface area contributed by atoms with Gasteiger partial charge in [-0.15, -0.1) is 22.7 Å². The van der Waals surface area contributed by atoms with E-state index in [-0.39, 0.29) is 5.78 Å². The van der Waals surface area contributed by atoms with Gasteiger partial charge >= 0.3 is 0 Å². The zero-order chi connectivity index (χ0) is 12.5. The Bertz CT molecular complexity index is 575. The summed E-state index contributed by atoms with van der Waals surface area (Å²) in [6.45, 7) is 2.36. The number of carbonyl (C=O) groups excluding carboxylic acids is 1. The van der Waals surface area contributed by atoms with E-state index >= 15 is 0 Å². The largest absolute Gasteiger partial charge is 0.292 e. The van der Waals surface area contributed by atoms with Crippen LogP contribution in [0.4, 0.5) is 0 Å². The van der Waals surface area contributed by atoms with Crippen LogP contribution in [-0.4, -0.2) is 23.8 Å². The number of rotatable bonds is 3. The molecule has 0 aromatic carbocycles. The molecule has 0 fully saturated rings. The van der Waals surface area contributed by atoms with Crippen LogP contribution in [0.1, 0.15) is 20.1 Å². The minimum absolute atomic E-state index is 0.172. The van der Waals surface area contributed by atoms with E-state index in [9.17, 15) is 4.79 Å². The zero-order valence-corrected chi connectivity index (χ0v) is 12.1. The second kappa shape index (κ2) is 5.13. The summed E-state index contributed by atoms with van der Waals surface area (Å²) in [4.78, 5) is 16.5. The predicted molar refractivity (Wildman–Crippen MR) is 77.0 cm³/mol. The average Bonchev–Trinajstić information content (AvgIpc) is 2.96. The first-order chi connectivity index (χ1) is 8.72. The Labute approximate surface area is 119 Å². The highest BCUT2D eigenvalue weighted by molar-refractivity contribution is 7.18. The van der Waals surface area contributed by atoms with Gasteiger partial charge in [0, 0.05) is 18.0 Å². The van der Waals surface area contributed by atoms with Crippen molar-refractivity contribution in [2.45, 2.75) is 13.0 Å². The Balaban J connectivity index is 1.66. The van der Waals surface area contributed by atoms with Gasteiger partial charge in [0.15, 0.2) is 5.78 Å². The van der Waals surface area contributed by atoms with Crippen LogP contribution in [0.5, 0.6) is 0 Å². The van der Waals surface area contributed by atoms with Crippen LogP contribution < -0.4 is 0 Å². The van der Waals surface area contributed by atoms with Gasteiger partial charge in [0.1, 0.15) is 0 Å². The standard InChI is InChI=1S/C13H12ClNOS2/c14-13-2-1-12(18-13)10(16)8-15-5-3-11-9(7-15)4-6-17-11/h1-2,4,6H,3,5,7-8H2. The minimum atomic E-state index is 0.172. The first-order valence-corrected chi connectivity index (χ1v) is 7.86. The van der Waals surface area contributed by atoms with Crippen molar-refractivity contribution in [3.63, 3.8) is 0 Å². The van der Waals surface area contributed by atoms with Gasteiger partial charge in [0.25, 0.3) is 0 Å². The Hall–Kier alpha value is -0.680. The summed E-state index contributed by atoms with van der Waals surface area (Å²) in [7, 11) is 0. The van der Waals surface area contributed by atoms with Crippen LogP contribution in [0.3, 0.4) is 0 Å². The van der Waals surface area contributed by atoms with E-state index < -0.39 is 0 Å². The van der Waals surface area contributed by atoms with E-state index in [1.54, 1.807) is 6.07 Å². The third-order valence-corrected chi connectivity index (χ3v) is 5.40. The van der Waals surface area contributed by atoms with E-state index in [4.69, 9.17) is 11.6 Å². The van der Waals surface area contributed by atoms with E-state index in [0.717, 1.165) is 24.4 Å². The van der Waals surface area contributed by atoms with Crippen LogP contribution in [0.15, 0.2) is 23.6 Å². The van der Waals surface area contributed by atoms with Crippen molar-refractivity contribution >= 4 is 40.1 Å². The Morgan fingerprint density at radius 2 is 2.28 bits per heavy atom. The second-order valence-corrected chi connectivity index (χ2v) is 7.07. The van der Waals surface area contributed by atoms with Gasteiger partial charge in [-0.05, 0) is 35.6 Å². The van der Waals surface area contributed by atoms with Gasteiger partial charge in [-0.3, -0.25) is 9.69 Å². The highest BCUT2D eigenvalue weighted by atomic mass is 35.5. The van der Waals surface area contributed by atoms with E-state index in [1.165, 1.54) is 21.8 Å². The summed E-state index contributed by atoms with van der Waals surface area (Å²) in [5, 5.41) is 2.13. The van der Waals surface area contributed by atoms with E-state index in [2.05, 4.69) is 16.3 Å². The number of nitrogens with zero attached hydrogens (tertiary/aromatic N) is 1. The lowest BCUT2D eigenvalue weighted by atomic mass is 10.1. The molecule has 94 valence electrons. The average molecular weight is 298 g/mol. The van der Waals surface area contributed by atoms with Gasteiger partial charge in [0.05, 0.1) is 15.8 Å². The molecule has 5 heteroatoms. The number of hydrogen-bond acceptors (Lipinski definition) is 4. The molecule has 0 saturated heterocycles. The molecule has 0 saturated carbocycles. The van der Waals surface area contributed by atoms with Crippen LogP contribution >= 0.6 is 34.3 Å². The summed E-state index contributed by atoms with van der Waals surface area (Å²) in [6.07, 6.45) is 1.06. The number of halogens is 1. The summed E-state index contributed by atoms with van der Waals surface area (Å²) >= 11 is 9.04.